The number of methoxy groups -OCH3 is 1. The molecule has 0 aliphatic heterocycles. The van der Waals surface area contributed by atoms with Crippen molar-refractivity contribution in [2.45, 2.75) is 78.5 Å². The SMILES string of the molecule is CC.CCC(C)CCOC.CCN(Sc1ccc(N)cc1)c1ccc2c(c1)nc(C(C)(C)C)n2C. The normalized spacial score (nSPS) is 11.8. The molecule has 35 heavy (non-hydrogen) atoms. The van der Waals surface area contributed by atoms with Gasteiger partial charge in [-0.3, -0.25) is 0 Å². The van der Waals surface area contributed by atoms with E-state index in [9.17, 15) is 0 Å². The minimum atomic E-state index is 0.0249. The molecule has 1 heterocycles. The number of anilines is 2. The zero-order chi connectivity index (χ0) is 26.6. The first-order valence-corrected chi connectivity index (χ1v) is 13.6. The first-order valence-electron chi connectivity index (χ1n) is 12.9. The highest BCUT2D eigenvalue weighted by molar-refractivity contribution is 8.00. The van der Waals surface area contributed by atoms with Gasteiger partial charge in [0.15, 0.2) is 0 Å². The smallest absolute Gasteiger partial charge is 0.115 e. The van der Waals surface area contributed by atoms with Crippen molar-refractivity contribution in [3.8, 4) is 0 Å². The Hall–Kier alpha value is -2.18. The summed E-state index contributed by atoms with van der Waals surface area (Å²) in [4.78, 5) is 6.06. The van der Waals surface area contributed by atoms with Crippen molar-refractivity contribution in [2.75, 3.05) is 30.3 Å². The fourth-order valence-corrected chi connectivity index (χ4v) is 4.35. The van der Waals surface area contributed by atoms with Crippen molar-refractivity contribution in [3.05, 3.63) is 48.3 Å². The number of aromatic nitrogens is 2. The second-order valence-corrected chi connectivity index (χ2v) is 10.7. The van der Waals surface area contributed by atoms with Gasteiger partial charge in [-0.2, -0.15) is 0 Å². The first kappa shape index (κ1) is 30.9. The number of nitrogens with two attached hydrogens (primary N) is 1. The standard InChI is InChI=1S/C20H26N4S.C7H16O.C2H6/c1-6-24(25-16-10-7-14(21)8-11-16)15-9-12-18-17(13-15)22-19(23(18)5)20(2,3)4;1-4-7(2)5-6-8-3;1-2/h7-13H,6,21H2,1-5H3;7H,4-6H2,1-3H3;1-2H3. The molecule has 0 aliphatic carbocycles. The van der Waals surface area contributed by atoms with Crippen molar-refractivity contribution < 1.29 is 4.74 Å². The van der Waals surface area contributed by atoms with Crippen LogP contribution in [0.1, 0.15) is 74.1 Å². The molecule has 2 aromatic carbocycles. The van der Waals surface area contributed by atoms with Crippen molar-refractivity contribution in [1.82, 2.24) is 9.55 Å². The van der Waals surface area contributed by atoms with Crippen LogP contribution in [0.15, 0.2) is 47.4 Å². The molecule has 0 bridgehead atoms. The Labute approximate surface area is 218 Å². The third-order valence-corrected chi connectivity index (χ3v) is 6.89. The minimum absolute atomic E-state index is 0.0249. The topological polar surface area (TPSA) is 56.3 Å². The fourth-order valence-electron chi connectivity index (χ4n) is 3.49. The van der Waals surface area contributed by atoms with Gasteiger partial charge in [0.1, 0.15) is 5.82 Å². The molecule has 0 aliphatic rings. The Morgan fingerprint density at radius 1 is 1.09 bits per heavy atom. The molecule has 1 aromatic heterocycles. The number of imidazole rings is 1. The third-order valence-electron chi connectivity index (χ3n) is 5.72. The van der Waals surface area contributed by atoms with E-state index in [1.807, 2.05) is 26.0 Å². The van der Waals surface area contributed by atoms with E-state index in [2.05, 4.69) is 87.8 Å². The van der Waals surface area contributed by atoms with E-state index in [-0.39, 0.29) is 5.41 Å². The lowest BCUT2D eigenvalue weighted by atomic mass is 9.96. The monoisotopic (exact) mass is 500 g/mol. The third kappa shape index (κ3) is 9.42. The molecule has 6 heteroatoms. The lowest BCUT2D eigenvalue weighted by molar-refractivity contribution is 0.179. The van der Waals surface area contributed by atoms with E-state index in [0.29, 0.717) is 0 Å². The van der Waals surface area contributed by atoms with E-state index >= 15 is 0 Å². The van der Waals surface area contributed by atoms with Crippen LogP contribution < -0.4 is 10.0 Å². The zero-order valence-corrected chi connectivity index (χ0v) is 24.5. The molecule has 0 saturated carbocycles. The predicted octanol–water partition coefficient (Wildman–Crippen LogP) is 8.08. The van der Waals surface area contributed by atoms with Gasteiger partial charge in [0.25, 0.3) is 0 Å². The van der Waals surface area contributed by atoms with Gasteiger partial charge in [-0.05, 0) is 73.7 Å². The summed E-state index contributed by atoms with van der Waals surface area (Å²) >= 11 is 1.72. The van der Waals surface area contributed by atoms with Gasteiger partial charge in [0.2, 0.25) is 0 Å². The van der Waals surface area contributed by atoms with Crippen LogP contribution in [-0.2, 0) is 17.2 Å². The zero-order valence-electron chi connectivity index (χ0n) is 23.7. The van der Waals surface area contributed by atoms with Crippen molar-refractivity contribution in [2.24, 2.45) is 13.0 Å². The molecule has 1 atom stereocenters. The Kier molecular flexibility index (Phi) is 13.3. The summed E-state index contributed by atoms with van der Waals surface area (Å²) in [5.41, 5.74) is 9.97. The maximum atomic E-state index is 5.78. The van der Waals surface area contributed by atoms with Crippen LogP contribution >= 0.6 is 11.9 Å². The molecule has 0 spiro atoms. The van der Waals surface area contributed by atoms with Crippen LogP contribution in [0.25, 0.3) is 11.0 Å². The van der Waals surface area contributed by atoms with Crippen molar-refractivity contribution in [3.63, 3.8) is 0 Å². The molecule has 0 amide bonds. The molecule has 2 N–H and O–H groups in total. The average Bonchev–Trinajstić information content (AvgIpc) is 3.20. The van der Waals surface area contributed by atoms with Crippen LogP contribution in [-0.4, -0.2) is 29.8 Å². The number of nitrogen functional groups attached to an aromatic ring is 1. The molecule has 1 unspecified atom stereocenters. The van der Waals surface area contributed by atoms with Gasteiger partial charge in [-0.1, -0.05) is 54.9 Å². The summed E-state index contributed by atoms with van der Waals surface area (Å²) in [6.07, 6.45) is 2.47. The number of hydrogen-bond donors (Lipinski definition) is 1. The van der Waals surface area contributed by atoms with Crippen LogP contribution in [0.5, 0.6) is 0 Å². The Bertz CT molecular complexity index is 992. The number of benzene rings is 2. The molecule has 3 rings (SSSR count). The number of fused-ring (bicyclic) bond motifs is 1. The van der Waals surface area contributed by atoms with E-state index in [1.54, 1.807) is 19.1 Å². The highest BCUT2D eigenvalue weighted by atomic mass is 32.2. The van der Waals surface area contributed by atoms with Gasteiger partial charge in [-0.15, -0.1) is 0 Å². The van der Waals surface area contributed by atoms with Gasteiger partial charge < -0.3 is 19.3 Å². The molecular weight excluding hydrogens is 452 g/mol. The second-order valence-electron chi connectivity index (χ2n) is 9.57. The highest BCUT2D eigenvalue weighted by Gasteiger charge is 2.21. The lowest BCUT2D eigenvalue weighted by Crippen LogP contribution is -2.17. The van der Waals surface area contributed by atoms with Crippen LogP contribution in [0.4, 0.5) is 11.4 Å². The number of ether oxygens (including phenoxy) is 1. The summed E-state index contributed by atoms with van der Waals surface area (Å²) in [5.74, 6) is 1.93. The Morgan fingerprint density at radius 2 is 1.71 bits per heavy atom. The van der Waals surface area contributed by atoms with E-state index in [1.165, 1.54) is 23.3 Å². The maximum absolute atomic E-state index is 5.78. The molecule has 0 saturated heterocycles. The van der Waals surface area contributed by atoms with E-state index in [0.717, 1.165) is 41.8 Å². The molecule has 3 aromatic rings. The molecule has 0 radical (unpaired) electrons. The van der Waals surface area contributed by atoms with Crippen LogP contribution in [0.2, 0.25) is 0 Å². The Morgan fingerprint density at radius 3 is 2.23 bits per heavy atom. The lowest BCUT2D eigenvalue weighted by Gasteiger charge is -2.21. The molecule has 0 fully saturated rings. The average molecular weight is 501 g/mol. The quantitative estimate of drug-likeness (QED) is 0.250. The maximum Gasteiger partial charge on any atom is 0.115 e. The summed E-state index contributed by atoms with van der Waals surface area (Å²) in [6, 6.07) is 14.5. The van der Waals surface area contributed by atoms with Gasteiger partial charge in [-0.25, -0.2) is 4.98 Å². The van der Waals surface area contributed by atoms with E-state index < -0.39 is 0 Å². The van der Waals surface area contributed by atoms with E-state index in [4.69, 9.17) is 15.5 Å². The molecule has 5 nitrogen and oxygen atoms in total. The predicted molar refractivity (Wildman–Crippen MR) is 156 cm³/mol. The number of hydrogen-bond acceptors (Lipinski definition) is 5. The molecular formula is C29H48N4OS. The second kappa shape index (κ2) is 15.0. The van der Waals surface area contributed by atoms with Crippen molar-refractivity contribution in [1.29, 1.82) is 0 Å². The number of rotatable bonds is 8. The summed E-state index contributed by atoms with van der Waals surface area (Å²) in [6.45, 7) is 19.0. The number of nitrogens with zero attached hydrogens (tertiary/aromatic N) is 3. The summed E-state index contributed by atoms with van der Waals surface area (Å²) < 4.78 is 9.39. The first-order chi connectivity index (χ1) is 16.6. The molecule has 196 valence electrons. The largest absolute Gasteiger partial charge is 0.399 e. The Balaban J connectivity index is 0.000000523. The fraction of sp³-hybridized carbons (Fsp3) is 0.552. The summed E-state index contributed by atoms with van der Waals surface area (Å²) in [7, 11) is 3.85. The van der Waals surface area contributed by atoms with Crippen LogP contribution in [0, 0.1) is 5.92 Å². The minimum Gasteiger partial charge on any atom is -0.399 e. The number of aryl methyl sites for hydroxylation is 1. The van der Waals surface area contributed by atoms with Crippen molar-refractivity contribution >= 4 is 34.4 Å². The van der Waals surface area contributed by atoms with Gasteiger partial charge in [0.05, 0.1) is 11.0 Å². The highest BCUT2D eigenvalue weighted by Crippen LogP contribution is 2.32. The van der Waals surface area contributed by atoms with Crippen LogP contribution in [0.3, 0.4) is 0 Å². The van der Waals surface area contributed by atoms with Gasteiger partial charge in [0, 0.05) is 49.0 Å². The summed E-state index contributed by atoms with van der Waals surface area (Å²) in [5, 5.41) is 0. The van der Waals surface area contributed by atoms with Gasteiger partial charge >= 0.3 is 0 Å².